The van der Waals surface area contributed by atoms with Crippen LogP contribution in [0.5, 0.6) is 0 Å². The molecule has 0 aliphatic carbocycles. The smallest absolute Gasteiger partial charge is 0.340 e. The maximum Gasteiger partial charge on any atom is 0.340 e. The highest BCUT2D eigenvalue weighted by Crippen LogP contribution is 2.15. The molecule has 1 rings (SSSR count). The van der Waals surface area contributed by atoms with Crippen molar-refractivity contribution in [3.8, 4) is 0 Å². The number of esters is 1. The fraction of sp³-hybridized carbons (Fsp3) is 0.250. The fourth-order valence-electron chi connectivity index (χ4n) is 1.42. The lowest BCUT2D eigenvalue weighted by Gasteiger charge is -2.03. The van der Waals surface area contributed by atoms with Crippen LogP contribution in [0.2, 0.25) is 0 Å². The zero-order valence-corrected chi connectivity index (χ0v) is 9.97. The number of benzene rings is 1. The van der Waals surface area contributed by atoms with E-state index < -0.39 is 5.97 Å². The van der Waals surface area contributed by atoms with E-state index in [-0.39, 0.29) is 5.70 Å². The van der Waals surface area contributed by atoms with Gasteiger partial charge < -0.3 is 4.74 Å². The molecule has 0 aromatic heterocycles. The molecule has 0 fully saturated rings. The molecule has 1 aromatic rings. The van der Waals surface area contributed by atoms with Gasteiger partial charge in [0.1, 0.15) is 5.70 Å². The number of nitrogens with zero attached hydrogens (tertiary/aromatic N) is 3. The van der Waals surface area contributed by atoms with Gasteiger partial charge in [0, 0.05) is 4.91 Å². The average molecular weight is 231 g/mol. The summed E-state index contributed by atoms with van der Waals surface area (Å²) < 4.78 is 4.53. The van der Waals surface area contributed by atoms with Crippen LogP contribution in [0, 0.1) is 13.8 Å². The van der Waals surface area contributed by atoms with E-state index in [1.165, 1.54) is 13.2 Å². The molecule has 17 heavy (non-hydrogen) atoms. The van der Waals surface area contributed by atoms with Crippen LogP contribution in [0.1, 0.15) is 16.7 Å². The molecular weight excluding hydrogens is 218 g/mol. The van der Waals surface area contributed by atoms with Crippen LogP contribution >= 0.6 is 0 Å². The summed E-state index contributed by atoms with van der Waals surface area (Å²) in [6.45, 7) is 3.90. The molecule has 0 saturated heterocycles. The van der Waals surface area contributed by atoms with E-state index in [1.54, 1.807) is 0 Å². The monoisotopic (exact) mass is 231 g/mol. The number of hydrogen-bond donors (Lipinski definition) is 0. The Bertz CT molecular complexity index is 514. The molecule has 1 aromatic carbocycles. The molecule has 0 heterocycles. The first-order chi connectivity index (χ1) is 8.08. The highest BCUT2D eigenvalue weighted by molar-refractivity contribution is 5.93. The molecule has 0 atom stereocenters. The van der Waals surface area contributed by atoms with E-state index in [0.29, 0.717) is 0 Å². The maximum atomic E-state index is 11.3. The summed E-state index contributed by atoms with van der Waals surface area (Å²) in [4.78, 5) is 13.9. The third-order valence-corrected chi connectivity index (χ3v) is 2.26. The second kappa shape index (κ2) is 5.72. The number of carbonyl (C=O) groups excluding carboxylic acids is 1. The first kappa shape index (κ1) is 12.8. The van der Waals surface area contributed by atoms with Crippen LogP contribution in [0.4, 0.5) is 0 Å². The molecule has 0 bridgehead atoms. The lowest BCUT2D eigenvalue weighted by molar-refractivity contribution is -0.136. The van der Waals surface area contributed by atoms with Gasteiger partial charge in [-0.2, -0.15) is 0 Å². The molecule has 0 radical (unpaired) electrons. The minimum atomic E-state index is -0.650. The van der Waals surface area contributed by atoms with Crippen molar-refractivity contribution in [3.63, 3.8) is 0 Å². The summed E-state index contributed by atoms with van der Waals surface area (Å²) in [5.41, 5.74) is 11.3. The minimum Gasteiger partial charge on any atom is -0.466 e. The number of rotatable bonds is 3. The van der Waals surface area contributed by atoms with Crippen molar-refractivity contribution in [2.45, 2.75) is 13.8 Å². The van der Waals surface area contributed by atoms with E-state index in [0.717, 1.165) is 16.7 Å². The lowest BCUT2D eigenvalue weighted by Crippen LogP contribution is -2.02. The van der Waals surface area contributed by atoms with Gasteiger partial charge in [-0.1, -0.05) is 28.9 Å². The number of carbonyl (C=O) groups is 1. The average Bonchev–Trinajstić information content (AvgIpc) is 2.30. The van der Waals surface area contributed by atoms with Gasteiger partial charge in [0.25, 0.3) is 0 Å². The summed E-state index contributed by atoms with van der Waals surface area (Å²) >= 11 is 0. The molecule has 0 saturated carbocycles. The number of methoxy groups -OCH3 is 1. The normalized spacial score (nSPS) is 10.6. The van der Waals surface area contributed by atoms with Crippen LogP contribution in [0.25, 0.3) is 16.5 Å². The van der Waals surface area contributed by atoms with E-state index in [9.17, 15) is 4.79 Å². The van der Waals surface area contributed by atoms with E-state index >= 15 is 0 Å². The molecule has 5 heteroatoms. The van der Waals surface area contributed by atoms with Crippen LogP contribution in [0.15, 0.2) is 29.0 Å². The lowest BCUT2D eigenvalue weighted by atomic mass is 10.0. The van der Waals surface area contributed by atoms with Crippen LogP contribution in [-0.4, -0.2) is 13.1 Å². The zero-order valence-electron chi connectivity index (χ0n) is 9.97. The first-order valence-corrected chi connectivity index (χ1v) is 5.01. The predicted molar refractivity (Wildman–Crippen MR) is 65.1 cm³/mol. The number of azide groups is 1. The van der Waals surface area contributed by atoms with Gasteiger partial charge in [0.2, 0.25) is 0 Å². The maximum absolute atomic E-state index is 11.3. The number of hydrogen-bond acceptors (Lipinski definition) is 3. The second-order valence-corrected chi connectivity index (χ2v) is 3.57. The SMILES string of the molecule is COC(=O)/C(=C/c1ccc(C)cc1C)N=[N+]=[N-]. The highest BCUT2D eigenvalue weighted by Gasteiger charge is 2.08. The van der Waals surface area contributed by atoms with Gasteiger partial charge in [-0.3, -0.25) is 0 Å². The van der Waals surface area contributed by atoms with Crippen molar-refractivity contribution in [3.05, 3.63) is 51.0 Å². The molecule has 0 amide bonds. The molecule has 88 valence electrons. The topological polar surface area (TPSA) is 75.1 Å². The third-order valence-electron chi connectivity index (χ3n) is 2.26. The summed E-state index contributed by atoms with van der Waals surface area (Å²) in [6.07, 6.45) is 1.51. The van der Waals surface area contributed by atoms with Crippen molar-refractivity contribution in [1.82, 2.24) is 0 Å². The van der Waals surface area contributed by atoms with E-state index in [1.807, 2.05) is 32.0 Å². The fourth-order valence-corrected chi connectivity index (χ4v) is 1.42. The van der Waals surface area contributed by atoms with Gasteiger partial charge in [0.05, 0.1) is 7.11 Å². The quantitative estimate of drug-likeness (QED) is 0.263. The Morgan fingerprint density at radius 3 is 2.71 bits per heavy atom. The molecular formula is C12H13N3O2. The Morgan fingerprint density at radius 2 is 2.18 bits per heavy atom. The molecule has 0 unspecified atom stereocenters. The predicted octanol–water partition coefficient (Wildman–Crippen LogP) is 3.13. The van der Waals surface area contributed by atoms with Crippen molar-refractivity contribution in [2.75, 3.05) is 7.11 Å². The molecule has 0 aliphatic heterocycles. The van der Waals surface area contributed by atoms with Gasteiger partial charge in [-0.25, -0.2) is 4.79 Å². The van der Waals surface area contributed by atoms with Crippen molar-refractivity contribution in [2.24, 2.45) is 5.11 Å². The molecule has 0 aliphatic rings. The number of aryl methyl sites for hydroxylation is 2. The standard InChI is InChI=1S/C12H13N3O2/c1-8-4-5-10(9(2)6-8)7-11(14-15-13)12(16)17-3/h4-7H,1-3H3/b11-7-. The Morgan fingerprint density at radius 1 is 1.47 bits per heavy atom. The van der Waals surface area contributed by atoms with Crippen LogP contribution < -0.4 is 0 Å². The van der Waals surface area contributed by atoms with Gasteiger partial charge in [0.15, 0.2) is 0 Å². The second-order valence-electron chi connectivity index (χ2n) is 3.57. The van der Waals surface area contributed by atoms with Gasteiger partial charge >= 0.3 is 5.97 Å². The Balaban J connectivity index is 3.21. The zero-order chi connectivity index (χ0) is 12.8. The number of ether oxygens (including phenoxy) is 1. The summed E-state index contributed by atoms with van der Waals surface area (Å²) in [5.74, 6) is -0.650. The van der Waals surface area contributed by atoms with Crippen LogP contribution in [0.3, 0.4) is 0 Å². The Hall–Kier alpha value is -2.26. The summed E-state index contributed by atoms with van der Waals surface area (Å²) in [6, 6.07) is 5.77. The van der Waals surface area contributed by atoms with Crippen molar-refractivity contribution >= 4 is 12.0 Å². The molecule has 0 spiro atoms. The van der Waals surface area contributed by atoms with E-state index in [2.05, 4.69) is 14.8 Å². The Labute approximate surface area is 99.3 Å². The van der Waals surface area contributed by atoms with Gasteiger partial charge in [-0.05, 0) is 36.6 Å². The largest absolute Gasteiger partial charge is 0.466 e. The molecule has 0 N–H and O–H groups in total. The highest BCUT2D eigenvalue weighted by atomic mass is 16.5. The van der Waals surface area contributed by atoms with Gasteiger partial charge in [-0.15, -0.1) is 0 Å². The Kier molecular flexibility index (Phi) is 4.31. The third kappa shape index (κ3) is 3.36. The molecule has 5 nitrogen and oxygen atoms in total. The van der Waals surface area contributed by atoms with Crippen molar-refractivity contribution < 1.29 is 9.53 Å². The summed E-state index contributed by atoms with van der Waals surface area (Å²) in [7, 11) is 1.24. The van der Waals surface area contributed by atoms with E-state index in [4.69, 9.17) is 5.53 Å². The minimum absolute atomic E-state index is 0.0537. The van der Waals surface area contributed by atoms with Crippen molar-refractivity contribution in [1.29, 1.82) is 0 Å². The first-order valence-electron chi connectivity index (χ1n) is 5.01. The summed E-state index contributed by atoms with van der Waals surface area (Å²) in [5, 5.41) is 3.32. The van der Waals surface area contributed by atoms with Crippen LogP contribution in [-0.2, 0) is 9.53 Å².